The lowest BCUT2D eigenvalue weighted by Crippen LogP contribution is -2.24. The summed E-state index contributed by atoms with van der Waals surface area (Å²) in [5.41, 5.74) is 7.82. The molecule has 0 amide bonds. The SMILES string of the molecule is COC(CN)Cc1nc(-c2ccc(C(C)C)cc2)no1. The van der Waals surface area contributed by atoms with Gasteiger partial charge in [0.05, 0.1) is 12.5 Å². The molecular weight excluding hydrogens is 254 g/mol. The lowest BCUT2D eigenvalue weighted by molar-refractivity contribution is 0.102. The third-order valence-electron chi connectivity index (χ3n) is 3.30. The van der Waals surface area contributed by atoms with E-state index in [1.807, 2.05) is 12.1 Å². The molecule has 1 aromatic carbocycles. The largest absolute Gasteiger partial charge is 0.380 e. The van der Waals surface area contributed by atoms with E-state index in [0.29, 0.717) is 30.6 Å². The lowest BCUT2D eigenvalue weighted by atomic mass is 10.0. The summed E-state index contributed by atoms with van der Waals surface area (Å²) in [5, 5.41) is 4.00. The molecule has 0 bridgehead atoms. The van der Waals surface area contributed by atoms with Crippen LogP contribution in [0.5, 0.6) is 0 Å². The van der Waals surface area contributed by atoms with Crippen molar-refractivity contribution >= 4 is 0 Å². The fraction of sp³-hybridized carbons (Fsp3) is 0.467. The van der Waals surface area contributed by atoms with Crippen LogP contribution in [-0.4, -0.2) is 29.9 Å². The number of hydrogen-bond donors (Lipinski definition) is 1. The van der Waals surface area contributed by atoms with Gasteiger partial charge in [0.25, 0.3) is 0 Å². The molecule has 1 unspecified atom stereocenters. The van der Waals surface area contributed by atoms with E-state index in [4.69, 9.17) is 15.0 Å². The summed E-state index contributed by atoms with van der Waals surface area (Å²) in [6, 6.07) is 8.21. The maximum absolute atomic E-state index is 5.58. The molecule has 2 aromatic rings. The second-order valence-electron chi connectivity index (χ2n) is 5.09. The first kappa shape index (κ1) is 14.7. The third-order valence-corrected chi connectivity index (χ3v) is 3.30. The van der Waals surface area contributed by atoms with E-state index in [2.05, 4.69) is 36.1 Å². The summed E-state index contributed by atoms with van der Waals surface area (Å²) in [4.78, 5) is 4.38. The standard InChI is InChI=1S/C15H21N3O2/c1-10(2)11-4-6-12(7-5-11)15-17-14(20-18-15)8-13(9-16)19-3/h4-7,10,13H,8-9,16H2,1-3H3. The van der Waals surface area contributed by atoms with Crippen molar-refractivity contribution in [3.05, 3.63) is 35.7 Å². The predicted octanol–water partition coefficient (Wildman–Crippen LogP) is 2.38. The second-order valence-corrected chi connectivity index (χ2v) is 5.09. The summed E-state index contributed by atoms with van der Waals surface area (Å²) in [7, 11) is 1.62. The molecule has 1 aromatic heterocycles. The van der Waals surface area contributed by atoms with Crippen molar-refractivity contribution < 1.29 is 9.26 Å². The highest BCUT2D eigenvalue weighted by Gasteiger charge is 2.13. The van der Waals surface area contributed by atoms with Crippen molar-refractivity contribution in [2.24, 2.45) is 5.73 Å². The summed E-state index contributed by atoms with van der Waals surface area (Å²) in [5.74, 6) is 1.66. The van der Waals surface area contributed by atoms with E-state index in [1.165, 1.54) is 5.56 Å². The third kappa shape index (κ3) is 3.43. The van der Waals surface area contributed by atoms with Gasteiger partial charge in [0.2, 0.25) is 11.7 Å². The number of aromatic nitrogens is 2. The van der Waals surface area contributed by atoms with Crippen LogP contribution in [0, 0.1) is 0 Å². The quantitative estimate of drug-likeness (QED) is 0.876. The van der Waals surface area contributed by atoms with Gasteiger partial charge in [0, 0.05) is 19.2 Å². The van der Waals surface area contributed by atoms with Crippen LogP contribution in [0.4, 0.5) is 0 Å². The van der Waals surface area contributed by atoms with Crippen molar-refractivity contribution in [2.45, 2.75) is 32.3 Å². The van der Waals surface area contributed by atoms with E-state index < -0.39 is 0 Å². The van der Waals surface area contributed by atoms with E-state index >= 15 is 0 Å². The number of benzene rings is 1. The van der Waals surface area contributed by atoms with Crippen molar-refractivity contribution in [3.63, 3.8) is 0 Å². The highest BCUT2D eigenvalue weighted by atomic mass is 16.5. The van der Waals surface area contributed by atoms with E-state index in [-0.39, 0.29) is 6.10 Å². The van der Waals surface area contributed by atoms with Crippen LogP contribution >= 0.6 is 0 Å². The molecule has 0 aliphatic heterocycles. The maximum Gasteiger partial charge on any atom is 0.229 e. The van der Waals surface area contributed by atoms with Crippen LogP contribution in [0.3, 0.4) is 0 Å². The second kappa shape index (κ2) is 6.63. The molecule has 1 heterocycles. The Kier molecular flexibility index (Phi) is 4.87. The summed E-state index contributed by atoms with van der Waals surface area (Å²) in [6.45, 7) is 4.76. The molecule has 2 N–H and O–H groups in total. The average Bonchev–Trinajstić information content (AvgIpc) is 2.93. The predicted molar refractivity (Wildman–Crippen MR) is 77.4 cm³/mol. The summed E-state index contributed by atoms with van der Waals surface area (Å²) in [6.07, 6.45) is 0.441. The minimum atomic E-state index is -0.0911. The first-order valence-electron chi connectivity index (χ1n) is 6.79. The van der Waals surface area contributed by atoms with Gasteiger partial charge in [-0.2, -0.15) is 4.98 Å². The number of hydrogen-bond acceptors (Lipinski definition) is 5. The lowest BCUT2D eigenvalue weighted by Gasteiger charge is -2.08. The normalized spacial score (nSPS) is 12.8. The zero-order chi connectivity index (χ0) is 14.5. The molecule has 0 saturated carbocycles. The monoisotopic (exact) mass is 275 g/mol. The molecule has 0 spiro atoms. The fourth-order valence-corrected chi connectivity index (χ4v) is 1.93. The van der Waals surface area contributed by atoms with Gasteiger partial charge in [-0.05, 0) is 11.5 Å². The van der Waals surface area contributed by atoms with Crippen LogP contribution in [0.15, 0.2) is 28.8 Å². The molecule has 20 heavy (non-hydrogen) atoms. The van der Waals surface area contributed by atoms with Gasteiger partial charge in [-0.1, -0.05) is 43.3 Å². The molecule has 5 heteroatoms. The van der Waals surface area contributed by atoms with Gasteiger partial charge < -0.3 is 15.0 Å². The van der Waals surface area contributed by atoms with Crippen molar-refractivity contribution in [3.8, 4) is 11.4 Å². The number of nitrogens with zero attached hydrogens (tertiary/aromatic N) is 2. The van der Waals surface area contributed by atoms with Crippen molar-refractivity contribution in [2.75, 3.05) is 13.7 Å². The molecule has 0 radical (unpaired) electrons. The topological polar surface area (TPSA) is 74.2 Å². The van der Waals surface area contributed by atoms with E-state index in [0.717, 1.165) is 5.56 Å². The van der Waals surface area contributed by atoms with Gasteiger partial charge in [-0.25, -0.2) is 0 Å². The highest BCUT2D eigenvalue weighted by Crippen LogP contribution is 2.20. The molecule has 108 valence electrons. The van der Waals surface area contributed by atoms with Gasteiger partial charge >= 0.3 is 0 Å². The van der Waals surface area contributed by atoms with Crippen LogP contribution in [0.1, 0.15) is 31.2 Å². The minimum Gasteiger partial charge on any atom is -0.380 e. The van der Waals surface area contributed by atoms with Crippen LogP contribution in [0.25, 0.3) is 11.4 Å². The van der Waals surface area contributed by atoms with Crippen molar-refractivity contribution in [1.82, 2.24) is 10.1 Å². The zero-order valence-electron chi connectivity index (χ0n) is 12.2. The average molecular weight is 275 g/mol. The van der Waals surface area contributed by atoms with Crippen LogP contribution in [0.2, 0.25) is 0 Å². The number of nitrogens with two attached hydrogens (primary N) is 1. The minimum absolute atomic E-state index is 0.0911. The van der Waals surface area contributed by atoms with E-state index in [9.17, 15) is 0 Å². The number of ether oxygens (including phenoxy) is 1. The Morgan fingerprint density at radius 1 is 1.25 bits per heavy atom. The molecule has 0 fully saturated rings. The zero-order valence-corrected chi connectivity index (χ0v) is 12.2. The first-order chi connectivity index (χ1) is 9.63. The smallest absolute Gasteiger partial charge is 0.229 e. The Bertz CT molecular complexity index is 530. The van der Waals surface area contributed by atoms with Gasteiger partial charge in [-0.15, -0.1) is 0 Å². The Balaban J connectivity index is 2.12. The number of methoxy groups -OCH3 is 1. The van der Waals surface area contributed by atoms with Gasteiger partial charge in [-0.3, -0.25) is 0 Å². The fourth-order valence-electron chi connectivity index (χ4n) is 1.93. The molecule has 0 saturated heterocycles. The van der Waals surface area contributed by atoms with Crippen LogP contribution < -0.4 is 5.73 Å². The molecule has 1 atom stereocenters. The molecule has 5 nitrogen and oxygen atoms in total. The molecule has 2 rings (SSSR count). The highest BCUT2D eigenvalue weighted by molar-refractivity contribution is 5.54. The van der Waals surface area contributed by atoms with Crippen LogP contribution in [-0.2, 0) is 11.2 Å². The Morgan fingerprint density at radius 2 is 1.95 bits per heavy atom. The molecule has 0 aliphatic rings. The molecule has 0 aliphatic carbocycles. The Labute approximate surface area is 119 Å². The Morgan fingerprint density at radius 3 is 2.50 bits per heavy atom. The van der Waals surface area contributed by atoms with Crippen molar-refractivity contribution in [1.29, 1.82) is 0 Å². The Hall–Kier alpha value is -1.72. The van der Waals surface area contributed by atoms with Gasteiger partial charge in [0.15, 0.2) is 0 Å². The number of rotatable bonds is 6. The molecular formula is C15H21N3O2. The summed E-state index contributed by atoms with van der Waals surface area (Å²) >= 11 is 0. The first-order valence-corrected chi connectivity index (χ1v) is 6.79. The van der Waals surface area contributed by atoms with Gasteiger partial charge in [0.1, 0.15) is 0 Å². The maximum atomic E-state index is 5.58. The van der Waals surface area contributed by atoms with E-state index in [1.54, 1.807) is 7.11 Å². The summed E-state index contributed by atoms with van der Waals surface area (Å²) < 4.78 is 10.4.